The van der Waals surface area contributed by atoms with E-state index in [1.165, 1.54) is 109 Å². The van der Waals surface area contributed by atoms with Crippen molar-refractivity contribution in [3.05, 3.63) is 124 Å². The van der Waals surface area contributed by atoms with Crippen molar-refractivity contribution in [2.24, 2.45) is 0 Å². The Kier molecular flexibility index (Phi) is 11.0. The molecule has 8 aromatic rings. The maximum Gasteiger partial charge on any atom is 0.266 e. The van der Waals surface area contributed by atoms with E-state index < -0.39 is 0 Å². The van der Waals surface area contributed by atoms with Crippen LogP contribution in [0.1, 0.15) is 148 Å². The van der Waals surface area contributed by atoms with Crippen molar-refractivity contribution < 1.29 is 9.59 Å². The number of para-hydroxylation sites is 1. The van der Waals surface area contributed by atoms with E-state index in [0.29, 0.717) is 11.1 Å². The van der Waals surface area contributed by atoms with Gasteiger partial charge in [0.25, 0.3) is 11.8 Å². The van der Waals surface area contributed by atoms with Crippen LogP contribution in [0.25, 0.3) is 63.3 Å². The predicted molar refractivity (Wildman–Crippen MR) is 256 cm³/mol. The third kappa shape index (κ3) is 6.70. The highest BCUT2D eigenvalue weighted by Crippen LogP contribution is 2.50. The lowest BCUT2D eigenvalue weighted by molar-refractivity contribution is 0.0893. The van der Waals surface area contributed by atoms with E-state index in [1.54, 1.807) is 0 Å². The molecule has 0 bridgehead atoms. The predicted octanol–water partition coefficient (Wildman–Crippen LogP) is 16.5. The minimum atomic E-state index is -0.240. The van der Waals surface area contributed by atoms with Crippen LogP contribution >= 0.6 is 22.7 Å². The third-order valence-electron chi connectivity index (χ3n) is 12.8. The third-order valence-corrected chi connectivity index (χ3v) is 15.2. The minimum absolute atomic E-state index is 0.148. The molecule has 5 heteroatoms. The molecular formula is C54H55NO2S2. The Hall–Kier alpha value is -4.84. The largest absolute Gasteiger partial charge is 0.268 e. The maximum atomic E-state index is 14.8. The number of benzene rings is 6. The van der Waals surface area contributed by atoms with Gasteiger partial charge in [-0.25, -0.2) is 4.90 Å². The summed E-state index contributed by atoms with van der Waals surface area (Å²) < 4.78 is 0. The fourth-order valence-electron chi connectivity index (χ4n) is 9.85. The number of hydrogen-bond acceptors (Lipinski definition) is 4. The van der Waals surface area contributed by atoms with Gasteiger partial charge in [-0.1, -0.05) is 141 Å². The van der Waals surface area contributed by atoms with Gasteiger partial charge in [-0.2, -0.15) is 0 Å². The summed E-state index contributed by atoms with van der Waals surface area (Å²) in [4.78, 5) is 35.2. The zero-order chi connectivity index (χ0) is 40.9. The van der Waals surface area contributed by atoms with E-state index in [4.69, 9.17) is 0 Å². The summed E-state index contributed by atoms with van der Waals surface area (Å²) in [5.41, 5.74) is 8.23. The number of thiophene rings is 2. The minimum Gasteiger partial charge on any atom is -0.268 e. The molecular weight excluding hydrogens is 759 g/mol. The first-order valence-electron chi connectivity index (χ1n) is 22.1. The van der Waals surface area contributed by atoms with Gasteiger partial charge >= 0.3 is 0 Å². The van der Waals surface area contributed by atoms with Crippen LogP contribution in [0.3, 0.4) is 0 Å². The Morgan fingerprint density at radius 2 is 1.07 bits per heavy atom. The number of carbonyl (C=O) groups excluding carboxylic acids is 2. The summed E-state index contributed by atoms with van der Waals surface area (Å²) in [6.45, 7) is 13.1. The molecule has 0 aliphatic carbocycles. The summed E-state index contributed by atoms with van der Waals surface area (Å²) in [6, 6.07) is 30.7. The number of nitrogens with zero attached hydrogens (tertiary/aromatic N) is 1. The number of amides is 2. The molecule has 1 aliphatic rings. The normalized spacial score (nSPS) is 13.3. The number of imide groups is 1. The quantitative estimate of drug-likeness (QED) is 0.0447. The van der Waals surface area contributed by atoms with Crippen LogP contribution in [0.4, 0.5) is 5.69 Å². The SMILES string of the molecule is CCCCCCc1ccsc1-c1cc(CCCCCC)c(-c2ccc3c4ccc5c6c(ccc(c7cccc2c73)c64)C(=O)N(c2c(C(C)C)cccc2C(C)C)C5=O)s1. The van der Waals surface area contributed by atoms with E-state index in [2.05, 4.69) is 120 Å². The van der Waals surface area contributed by atoms with Crippen molar-refractivity contribution >= 4 is 83.3 Å². The Labute approximate surface area is 357 Å². The highest BCUT2D eigenvalue weighted by atomic mass is 32.1. The Morgan fingerprint density at radius 3 is 1.68 bits per heavy atom. The van der Waals surface area contributed by atoms with Crippen LogP contribution in [0.15, 0.2) is 90.3 Å². The molecule has 300 valence electrons. The fourth-order valence-corrected chi connectivity index (χ4v) is 12.2. The average molecular weight is 814 g/mol. The van der Waals surface area contributed by atoms with E-state index >= 15 is 0 Å². The van der Waals surface area contributed by atoms with Crippen molar-refractivity contribution in [2.45, 2.75) is 118 Å². The number of hydrogen-bond donors (Lipinski definition) is 0. The first kappa shape index (κ1) is 39.6. The first-order valence-corrected chi connectivity index (χ1v) is 23.8. The zero-order valence-corrected chi connectivity index (χ0v) is 37.1. The Morgan fingerprint density at radius 1 is 0.525 bits per heavy atom. The maximum absolute atomic E-state index is 14.8. The van der Waals surface area contributed by atoms with Crippen LogP contribution in [0.2, 0.25) is 0 Å². The highest BCUT2D eigenvalue weighted by molar-refractivity contribution is 7.23. The second-order valence-electron chi connectivity index (χ2n) is 17.4. The summed E-state index contributed by atoms with van der Waals surface area (Å²) in [6.07, 6.45) is 12.3. The molecule has 6 aromatic carbocycles. The smallest absolute Gasteiger partial charge is 0.266 e. The highest BCUT2D eigenvalue weighted by Gasteiger charge is 2.38. The van der Waals surface area contributed by atoms with Crippen molar-refractivity contribution in [3.63, 3.8) is 0 Å². The van der Waals surface area contributed by atoms with Crippen LogP contribution in [-0.2, 0) is 12.8 Å². The number of unbranched alkanes of at least 4 members (excludes halogenated alkanes) is 6. The monoisotopic (exact) mass is 813 g/mol. The number of rotatable bonds is 15. The van der Waals surface area contributed by atoms with Gasteiger partial charge in [0.1, 0.15) is 0 Å². The van der Waals surface area contributed by atoms with E-state index in [9.17, 15) is 9.59 Å². The van der Waals surface area contributed by atoms with Crippen molar-refractivity contribution in [1.82, 2.24) is 0 Å². The molecule has 9 rings (SSSR count). The molecule has 0 saturated heterocycles. The van der Waals surface area contributed by atoms with Gasteiger partial charge in [0.05, 0.1) is 5.69 Å². The molecule has 0 N–H and O–H groups in total. The van der Waals surface area contributed by atoms with Gasteiger partial charge in [-0.3, -0.25) is 9.59 Å². The molecule has 0 atom stereocenters. The lowest BCUT2D eigenvalue weighted by Gasteiger charge is -2.32. The lowest BCUT2D eigenvalue weighted by atomic mass is 9.83. The summed E-state index contributed by atoms with van der Waals surface area (Å²) in [5, 5.41) is 11.1. The number of anilines is 1. The van der Waals surface area contributed by atoms with E-state index in [1.807, 2.05) is 34.8 Å². The molecule has 0 radical (unpaired) electrons. The lowest BCUT2D eigenvalue weighted by Crippen LogP contribution is -2.41. The Bertz CT molecular complexity index is 2770. The van der Waals surface area contributed by atoms with Gasteiger partial charge < -0.3 is 0 Å². The molecule has 0 unspecified atom stereocenters. The summed E-state index contributed by atoms with van der Waals surface area (Å²) in [5.74, 6) is -0.186. The number of fused-ring (bicyclic) bond motifs is 2. The van der Waals surface area contributed by atoms with Crippen molar-refractivity contribution in [2.75, 3.05) is 4.90 Å². The second kappa shape index (κ2) is 16.3. The molecule has 1 aliphatic heterocycles. The average Bonchev–Trinajstić information content (AvgIpc) is 3.89. The van der Waals surface area contributed by atoms with Crippen molar-refractivity contribution in [1.29, 1.82) is 0 Å². The molecule has 3 heterocycles. The second-order valence-corrected chi connectivity index (χ2v) is 19.3. The Balaban J connectivity index is 1.20. The van der Waals surface area contributed by atoms with Gasteiger partial charge in [-0.05, 0) is 133 Å². The van der Waals surface area contributed by atoms with E-state index in [-0.39, 0.29) is 23.7 Å². The van der Waals surface area contributed by atoms with Gasteiger partial charge in [0, 0.05) is 31.1 Å². The molecule has 59 heavy (non-hydrogen) atoms. The number of aryl methyl sites for hydroxylation is 2. The topological polar surface area (TPSA) is 37.4 Å². The summed E-state index contributed by atoms with van der Waals surface area (Å²) in [7, 11) is 0. The van der Waals surface area contributed by atoms with Crippen LogP contribution in [0, 0.1) is 0 Å². The van der Waals surface area contributed by atoms with Crippen LogP contribution in [-0.4, -0.2) is 11.8 Å². The van der Waals surface area contributed by atoms with Gasteiger partial charge in [-0.15, -0.1) is 22.7 Å². The molecule has 0 saturated carbocycles. The molecule has 0 fully saturated rings. The molecule has 0 spiro atoms. The van der Waals surface area contributed by atoms with Gasteiger partial charge in [0.2, 0.25) is 0 Å². The van der Waals surface area contributed by atoms with E-state index in [0.717, 1.165) is 51.2 Å². The molecule has 2 aromatic heterocycles. The fraction of sp³-hybridized carbons (Fsp3) is 0.333. The molecule has 2 amide bonds. The first-order chi connectivity index (χ1) is 28.7. The van der Waals surface area contributed by atoms with Gasteiger partial charge in [0.15, 0.2) is 0 Å². The van der Waals surface area contributed by atoms with Crippen LogP contribution in [0.5, 0.6) is 0 Å². The standard InChI is InChI=1S/C54H55NO2S2/c1-7-9-11-13-17-34-29-30-58-52(34)46-31-35(18-14-12-10-8-2)51(59-46)43-26-23-40-42-25-28-45-49-44(27-24-41(48(42)49)38-21-16-22-39(43)47(38)40)53(56)55(54(45)57)50-36(32(3)4)19-15-20-37(50)33(5)6/h15-16,19-33H,7-14,17-18H2,1-6H3. The van der Waals surface area contributed by atoms with Crippen LogP contribution < -0.4 is 4.90 Å². The van der Waals surface area contributed by atoms with Crippen molar-refractivity contribution in [3.8, 4) is 20.2 Å². The summed E-state index contributed by atoms with van der Waals surface area (Å²) >= 11 is 3.87. The number of carbonyl (C=O) groups is 2. The molecule has 3 nitrogen and oxygen atoms in total. The zero-order valence-electron chi connectivity index (χ0n) is 35.5.